The molecule has 0 atom stereocenters. The average molecular weight is 241 g/mol. The molecule has 0 aromatic carbocycles. The summed E-state index contributed by atoms with van der Waals surface area (Å²) in [7, 11) is 0. The Morgan fingerprint density at radius 3 is 2.00 bits per heavy atom. The average Bonchev–Trinajstić information content (AvgIpc) is 2.33. The van der Waals surface area contributed by atoms with Gasteiger partial charge in [0.05, 0.1) is 0 Å². The Morgan fingerprint density at radius 2 is 1.53 bits per heavy atom. The van der Waals surface area contributed by atoms with Crippen LogP contribution >= 0.6 is 0 Å². The lowest BCUT2D eigenvalue weighted by Crippen LogP contribution is -2.45. The summed E-state index contributed by atoms with van der Waals surface area (Å²) >= 11 is 0. The molecule has 0 aromatic heterocycles. The predicted molar refractivity (Wildman–Crippen MR) is 73.0 cm³/mol. The van der Waals surface area contributed by atoms with Crippen LogP contribution in [0.3, 0.4) is 0 Å². The molecule has 0 fully saturated rings. The minimum atomic E-state index is -0.0261. The second-order valence-electron chi connectivity index (χ2n) is 4.45. The van der Waals surface area contributed by atoms with Crippen molar-refractivity contribution in [1.82, 2.24) is 5.32 Å². The second-order valence-corrected chi connectivity index (χ2v) is 4.45. The van der Waals surface area contributed by atoms with Crippen molar-refractivity contribution in [2.75, 3.05) is 19.8 Å². The van der Waals surface area contributed by atoms with Crippen LogP contribution in [0.5, 0.6) is 0 Å². The van der Waals surface area contributed by atoms with Crippen LogP contribution in [0.1, 0.15) is 38.5 Å². The molecule has 0 aliphatic carbocycles. The summed E-state index contributed by atoms with van der Waals surface area (Å²) in [6, 6.07) is 0. The van der Waals surface area contributed by atoms with Gasteiger partial charge in [-0.1, -0.05) is 12.2 Å². The molecule has 0 heterocycles. The first-order valence-electron chi connectivity index (χ1n) is 6.43. The Morgan fingerprint density at radius 1 is 0.941 bits per heavy atom. The molecule has 100 valence electrons. The van der Waals surface area contributed by atoms with Crippen LogP contribution < -0.4 is 5.32 Å². The van der Waals surface area contributed by atoms with E-state index in [0.29, 0.717) is 0 Å². The maximum atomic E-state index is 8.96. The largest absolute Gasteiger partial charge is 0.396 e. The zero-order valence-corrected chi connectivity index (χ0v) is 10.8. The molecule has 3 N–H and O–H groups in total. The van der Waals surface area contributed by atoms with E-state index in [9.17, 15) is 0 Å². The van der Waals surface area contributed by atoms with Crippen LogP contribution in [0.25, 0.3) is 0 Å². The van der Waals surface area contributed by atoms with Crippen molar-refractivity contribution < 1.29 is 10.2 Å². The summed E-state index contributed by atoms with van der Waals surface area (Å²) in [6.07, 6.45) is 9.07. The van der Waals surface area contributed by atoms with E-state index in [-0.39, 0.29) is 18.8 Å². The highest BCUT2D eigenvalue weighted by molar-refractivity contribution is 4.98. The van der Waals surface area contributed by atoms with Gasteiger partial charge in [-0.05, 0) is 45.1 Å². The number of aliphatic hydroxyl groups is 2. The Bertz CT molecular complexity index is 194. The normalized spacial score (nSPS) is 11.4. The van der Waals surface area contributed by atoms with Crippen molar-refractivity contribution in [3.05, 3.63) is 25.3 Å². The van der Waals surface area contributed by atoms with Gasteiger partial charge in [0.25, 0.3) is 0 Å². The number of hydrogen-bond acceptors (Lipinski definition) is 3. The molecule has 0 radical (unpaired) electrons. The fraction of sp³-hybridized carbons (Fsp3) is 0.714. The third-order valence-corrected chi connectivity index (χ3v) is 2.97. The third kappa shape index (κ3) is 7.31. The molecule has 0 unspecified atom stereocenters. The van der Waals surface area contributed by atoms with E-state index in [1.54, 1.807) is 0 Å². The molecule has 0 aromatic rings. The highest BCUT2D eigenvalue weighted by atomic mass is 16.3. The highest BCUT2D eigenvalue weighted by Gasteiger charge is 2.25. The summed E-state index contributed by atoms with van der Waals surface area (Å²) in [5, 5.41) is 21.3. The van der Waals surface area contributed by atoms with Gasteiger partial charge in [0.15, 0.2) is 0 Å². The van der Waals surface area contributed by atoms with E-state index < -0.39 is 0 Å². The summed E-state index contributed by atoms with van der Waals surface area (Å²) in [5.41, 5.74) is -0.0261. The quantitative estimate of drug-likeness (QED) is 0.362. The molecule has 0 spiro atoms. The Hall–Kier alpha value is -0.640. The maximum absolute atomic E-state index is 8.96. The fourth-order valence-corrected chi connectivity index (χ4v) is 2.08. The molecule has 17 heavy (non-hydrogen) atoms. The lowest BCUT2D eigenvalue weighted by atomic mass is 9.86. The molecule has 0 aliphatic rings. The molecule has 0 saturated heterocycles. The SMILES string of the molecule is C=CCC(CC=C)(CCCO)NCCCCO. The van der Waals surface area contributed by atoms with Crippen LogP contribution in [0.2, 0.25) is 0 Å². The topological polar surface area (TPSA) is 52.5 Å². The van der Waals surface area contributed by atoms with Crippen LogP contribution in [0.4, 0.5) is 0 Å². The first-order valence-corrected chi connectivity index (χ1v) is 6.43. The zero-order valence-electron chi connectivity index (χ0n) is 10.8. The van der Waals surface area contributed by atoms with Gasteiger partial charge in [-0.15, -0.1) is 13.2 Å². The van der Waals surface area contributed by atoms with Gasteiger partial charge in [-0.2, -0.15) is 0 Å². The van der Waals surface area contributed by atoms with E-state index >= 15 is 0 Å². The Balaban J connectivity index is 4.29. The number of rotatable bonds is 12. The molecular weight excluding hydrogens is 214 g/mol. The first kappa shape index (κ1) is 16.4. The van der Waals surface area contributed by atoms with Gasteiger partial charge in [-0.25, -0.2) is 0 Å². The maximum Gasteiger partial charge on any atom is 0.0431 e. The molecule has 0 saturated carbocycles. The van der Waals surface area contributed by atoms with E-state index in [4.69, 9.17) is 10.2 Å². The van der Waals surface area contributed by atoms with E-state index in [0.717, 1.165) is 45.1 Å². The van der Waals surface area contributed by atoms with E-state index in [2.05, 4.69) is 18.5 Å². The third-order valence-electron chi connectivity index (χ3n) is 2.97. The van der Waals surface area contributed by atoms with Crippen molar-refractivity contribution in [2.24, 2.45) is 0 Å². The van der Waals surface area contributed by atoms with Crippen molar-refractivity contribution in [1.29, 1.82) is 0 Å². The summed E-state index contributed by atoms with van der Waals surface area (Å²) in [4.78, 5) is 0. The number of nitrogens with one attached hydrogen (secondary N) is 1. The lowest BCUT2D eigenvalue weighted by molar-refractivity contribution is 0.233. The van der Waals surface area contributed by atoms with Gasteiger partial charge >= 0.3 is 0 Å². The molecule has 0 rings (SSSR count). The summed E-state index contributed by atoms with van der Waals surface area (Å²) in [6.45, 7) is 8.95. The van der Waals surface area contributed by atoms with Crippen molar-refractivity contribution in [2.45, 2.75) is 44.1 Å². The molecule has 0 aliphatic heterocycles. The number of hydrogen-bond donors (Lipinski definition) is 3. The van der Waals surface area contributed by atoms with Crippen LogP contribution in [0, 0.1) is 0 Å². The molecule has 0 amide bonds. The van der Waals surface area contributed by atoms with Gasteiger partial charge in [-0.3, -0.25) is 0 Å². The Labute approximate surface area is 105 Å². The molecule has 3 heteroatoms. The molecule has 0 bridgehead atoms. The molecule has 3 nitrogen and oxygen atoms in total. The van der Waals surface area contributed by atoms with E-state index in [1.165, 1.54) is 0 Å². The standard InChI is InChI=1S/C14H27NO2/c1-3-8-14(9-4-2,10-7-13-17)15-11-5-6-12-16/h3-4,15-17H,1-2,5-13H2. The lowest BCUT2D eigenvalue weighted by Gasteiger charge is -2.33. The van der Waals surface area contributed by atoms with Gasteiger partial charge < -0.3 is 15.5 Å². The van der Waals surface area contributed by atoms with E-state index in [1.807, 2.05) is 12.2 Å². The summed E-state index contributed by atoms with van der Waals surface area (Å²) in [5.74, 6) is 0. The number of aliphatic hydroxyl groups excluding tert-OH is 2. The molecular formula is C14H27NO2. The van der Waals surface area contributed by atoms with Crippen molar-refractivity contribution >= 4 is 0 Å². The van der Waals surface area contributed by atoms with Crippen LogP contribution in [-0.2, 0) is 0 Å². The minimum absolute atomic E-state index is 0.0261. The van der Waals surface area contributed by atoms with Gasteiger partial charge in [0.2, 0.25) is 0 Å². The monoisotopic (exact) mass is 241 g/mol. The smallest absolute Gasteiger partial charge is 0.0431 e. The second kappa shape index (κ2) is 10.5. The van der Waals surface area contributed by atoms with Gasteiger partial charge in [0, 0.05) is 18.8 Å². The van der Waals surface area contributed by atoms with Crippen LogP contribution in [0.15, 0.2) is 25.3 Å². The minimum Gasteiger partial charge on any atom is -0.396 e. The van der Waals surface area contributed by atoms with Crippen molar-refractivity contribution in [3.63, 3.8) is 0 Å². The Kier molecular flexibility index (Phi) is 10.1. The summed E-state index contributed by atoms with van der Waals surface area (Å²) < 4.78 is 0. The highest BCUT2D eigenvalue weighted by Crippen LogP contribution is 2.23. The van der Waals surface area contributed by atoms with Crippen LogP contribution in [-0.4, -0.2) is 35.5 Å². The first-order chi connectivity index (χ1) is 8.24. The van der Waals surface area contributed by atoms with Gasteiger partial charge in [0.1, 0.15) is 0 Å². The predicted octanol–water partition coefficient (Wildman–Crippen LogP) is 2.01. The number of unbranched alkanes of at least 4 members (excludes halogenated alkanes) is 1. The zero-order chi connectivity index (χ0) is 13.0. The fourth-order valence-electron chi connectivity index (χ4n) is 2.08. The van der Waals surface area contributed by atoms with Crippen molar-refractivity contribution in [3.8, 4) is 0 Å².